The van der Waals surface area contributed by atoms with Crippen molar-refractivity contribution < 1.29 is 4.79 Å². The Balaban J connectivity index is 2.20. The molecule has 0 fully saturated rings. The third-order valence-corrected chi connectivity index (χ3v) is 3.63. The van der Waals surface area contributed by atoms with Crippen LogP contribution in [0.1, 0.15) is 28.9 Å². The van der Waals surface area contributed by atoms with E-state index in [1.165, 1.54) is 0 Å². The number of rotatable bonds is 3. The monoisotopic (exact) mass is 353 g/mol. The first-order valence-electron chi connectivity index (χ1n) is 5.95. The van der Waals surface area contributed by atoms with E-state index in [1.54, 1.807) is 18.3 Å². The molecule has 0 bridgehead atoms. The number of hydrogen-bond donors (Lipinski definition) is 2. The van der Waals surface area contributed by atoms with E-state index in [-0.39, 0.29) is 17.8 Å². The molecule has 1 amide bonds. The van der Waals surface area contributed by atoms with E-state index < -0.39 is 0 Å². The molecule has 0 radical (unpaired) electrons. The Morgan fingerprint density at radius 2 is 2.15 bits per heavy atom. The highest BCUT2D eigenvalue weighted by atomic mass is 79.9. The maximum Gasteiger partial charge on any atom is 0.255 e. The summed E-state index contributed by atoms with van der Waals surface area (Å²) < 4.78 is 0.697. The molecular weight excluding hydrogens is 342 g/mol. The minimum Gasteiger partial charge on any atom is -0.383 e. The van der Waals surface area contributed by atoms with E-state index in [9.17, 15) is 4.79 Å². The lowest BCUT2D eigenvalue weighted by atomic mass is 10.1. The van der Waals surface area contributed by atoms with Gasteiger partial charge in [-0.3, -0.25) is 4.79 Å². The van der Waals surface area contributed by atoms with Crippen molar-refractivity contribution >= 4 is 39.3 Å². The SMILES string of the molecule is CC(NC(=O)c1cc(Br)cnc1N)c1ccccc1Cl. The van der Waals surface area contributed by atoms with Gasteiger partial charge in [0.25, 0.3) is 5.91 Å². The molecule has 2 rings (SSSR count). The molecule has 0 saturated carbocycles. The Hall–Kier alpha value is -1.59. The van der Waals surface area contributed by atoms with Crippen molar-refractivity contribution in [2.75, 3.05) is 5.73 Å². The summed E-state index contributed by atoms with van der Waals surface area (Å²) in [6.07, 6.45) is 1.55. The third kappa shape index (κ3) is 3.29. The van der Waals surface area contributed by atoms with Crippen molar-refractivity contribution in [1.82, 2.24) is 10.3 Å². The van der Waals surface area contributed by atoms with Crippen LogP contribution in [0, 0.1) is 0 Å². The summed E-state index contributed by atoms with van der Waals surface area (Å²) in [5.74, 6) is -0.0965. The standard InChI is InChI=1S/C14H13BrClN3O/c1-8(10-4-2-3-5-12(10)16)19-14(20)11-6-9(15)7-18-13(11)17/h2-8H,1H3,(H2,17,18)(H,19,20). The van der Waals surface area contributed by atoms with E-state index in [0.29, 0.717) is 15.1 Å². The molecular formula is C14H13BrClN3O. The van der Waals surface area contributed by atoms with Crippen molar-refractivity contribution in [2.24, 2.45) is 0 Å². The number of carbonyl (C=O) groups is 1. The summed E-state index contributed by atoms with van der Waals surface area (Å²) in [6, 6.07) is 8.78. The van der Waals surface area contributed by atoms with E-state index in [4.69, 9.17) is 17.3 Å². The van der Waals surface area contributed by atoms with Gasteiger partial charge in [0.05, 0.1) is 11.6 Å². The van der Waals surface area contributed by atoms with Gasteiger partial charge >= 0.3 is 0 Å². The van der Waals surface area contributed by atoms with Crippen LogP contribution in [0.3, 0.4) is 0 Å². The van der Waals surface area contributed by atoms with Crippen LogP contribution in [0.25, 0.3) is 0 Å². The fourth-order valence-electron chi connectivity index (χ4n) is 1.81. The lowest BCUT2D eigenvalue weighted by molar-refractivity contribution is 0.0940. The highest BCUT2D eigenvalue weighted by Gasteiger charge is 2.16. The molecule has 104 valence electrons. The molecule has 1 heterocycles. The lowest BCUT2D eigenvalue weighted by Crippen LogP contribution is -2.27. The van der Waals surface area contributed by atoms with Crippen LogP contribution in [0.15, 0.2) is 41.0 Å². The summed E-state index contributed by atoms with van der Waals surface area (Å²) in [5.41, 5.74) is 6.90. The molecule has 2 aromatic rings. The van der Waals surface area contributed by atoms with Gasteiger partial charge in [0.1, 0.15) is 5.82 Å². The number of hydrogen-bond acceptors (Lipinski definition) is 3. The number of aromatic nitrogens is 1. The van der Waals surface area contributed by atoms with E-state index in [1.807, 2.05) is 25.1 Å². The molecule has 0 aliphatic rings. The quantitative estimate of drug-likeness (QED) is 0.885. The van der Waals surface area contributed by atoms with Crippen molar-refractivity contribution in [3.63, 3.8) is 0 Å². The predicted molar refractivity (Wildman–Crippen MR) is 83.7 cm³/mol. The second-order valence-corrected chi connectivity index (χ2v) is 5.63. The second kappa shape index (κ2) is 6.24. The molecule has 0 aliphatic carbocycles. The minimum absolute atomic E-state index is 0.192. The Morgan fingerprint density at radius 1 is 1.45 bits per heavy atom. The average Bonchev–Trinajstić information content (AvgIpc) is 2.41. The summed E-state index contributed by atoms with van der Waals surface area (Å²) in [7, 11) is 0. The molecule has 20 heavy (non-hydrogen) atoms. The van der Waals surface area contributed by atoms with Crippen LogP contribution in [-0.2, 0) is 0 Å². The third-order valence-electron chi connectivity index (χ3n) is 2.85. The number of anilines is 1. The fourth-order valence-corrected chi connectivity index (χ4v) is 2.44. The molecule has 4 nitrogen and oxygen atoms in total. The van der Waals surface area contributed by atoms with Crippen molar-refractivity contribution in [3.05, 3.63) is 57.2 Å². The highest BCUT2D eigenvalue weighted by Crippen LogP contribution is 2.23. The van der Waals surface area contributed by atoms with Crippen molar-refractivity contribution in [3.8, 4) is 0 Å². The van der Waals surface area contributed by atoms with Crippen LogP contribution in [-0.4, -0.2) is 10.9 Å². The molecule has 1 aromatic carbocycles. The normalized spacial score (nSPS) is 11.9. The first-order valence-corrected chi connectivity index (χ1v) is 7.12. The summed E-state index contributed by atoms with van der Waals surface area (Å²) in [4.78, 5) is 16.2. The van der Waals surface area contributed by atoms with Crippen LogP contribution in [0.5, 0.6) is 0 Å². The zero-order chi connectivity index (χ0) is 14.7. The van der Waals surface area contributed by atoms with Gasteiger partial charge in [-0.25, -0.2) is 4.98 Å². The van der Waals surface area contributed by atoms with Gasteiger partial charge in [-0.1, -0.05) is 29.8 Å². The molecule has 3 N–H and O–H groups in total. The van der Waals surface area contributed by atoms with Crippen LogP contribution in [0.2, 0.25) is 5.02 Å². The number of halogens is 2. The zero-order valence-electron chi connectivity index (χ0n) is 10.7. The molecule has 0 aliphatic heterocycles. The highest BCUT2D eigenvalue weighted by molar-refractivity contribution is 9.10. The molecule has 1 atom stereocenters. The number of nitrogens with one attached hydrogen (secondary N) is 1. The lowest BCUT2D eigenvalue weighted by Gasteiger charge is -2.16. The van der Waals surface area contributed by atoms with Crippen LogP contribution < -0.4 is 11.1 Å². The Labute approximate surface area is 130 Å². The Bertz CT molecular complexity index is 648. The maximum atomic E-state index is 12.2. The van der Waals surface area contributed by atoms with Crippen LogP contribution >= 0.6 is 27.5 Å². The number of nitrogens with zero attached hydrogens (tertiary/aromatic N) is 1. The number of carbonyl (C=O) groups excluding carboxylic acids is 1. The van der Waals surface area contributed by atoms with Crippen molar-refractivity contribution in [2.45, 2.75) is 13.0 Å². The number of amides is 1. The number of benzene rings is 1. The van der Waals surface area contributed by atoms with E-state index >= 15 is 0 Å². The predicted octanol–water partition coefficient (Wildman–Crippen LogP) is 3.57. The summed E-state index contributed by atoms with van der Waals surface area (Å²) in [6.45, 7) is 1.86. The molecule has 1 aromatic heterocycles. The molecule has 1 unspecified atom stereocenters. The number of nitrogens with two attached hydrogens (primary N) is 1. The van der Waals surface area contributed by atoms with Gasteiger partial charge in [0.2, 0.25) is 0 Å². The largest absolute Gasteiger partial charge is 0.383 e. The maximum absolute atomic E-state index is 12.2. The minimum atomic E-state index is -0.288. The van der Waals surface area contributed by atoms with Gasteiger partial charge in [-0.05, 0) is 40.5 Å². The summed E-state index contributed by atoms with van der Waals surface area (Å²) >= 11 is 9.38. The average molecular weight is 355 g/mol. The number of pyridine rings is 1. The van der Waals surface area contributed by atoms with E-state index in [2.05, 4.69) is 26.2 Å². The Morgan fingerprint density at radius 3 is 2.85 bits per heavy atom. The fraction of sp³-hybridized carbons (Fsp3) is 0.143. The van der Waals surface area contributed by atoms with Crippen LogP contribution in [0.4, 0.5) is 5.82 Å². The molecule has 0 spiro atoms. The smallest absolute Gasteiger partial charge is 0.255 e. The van der Waals surface area contributed by atoms with Crippen molar-refractivity contribution in [1.29, 1.82) is 0 Å². The first-order chi connectivity index (χ1) is 9.49. The zero-order valence-corrected chi connectivity index (χ0v) is 13.1. The number of nitrogen functional groups attached to an aromatic ring is 1. The Kier molecular flexibility index (Phi) is 4.62. The van der Waals surface area contributed by atoms with Gasteiger partial charge in [-0.2, -0.15) is 0 Å². The van der Waals surface area contributed by atoms with Gasteiger partial charge in [-0.15, -0.1) is 0 Å². The van der Waals surface area contributed by atoms with Gasteiger partial charge < -0.3 is 11.1 Å². The van der Waals surface area contributed by atoms with Gasteiger partial charge in [0, 0.05) is 15.7 Å². The summed E-state index contributed by atoms with van der Waals surface area (Å²) in [5, 5.41) is 3.47. The topological polar surface area (TPSA) is 68.0 Å². The van der Waals surface area contributed by atoms with Gasteiger partial charge in [0.15, 0.2) is 0 Å². The molecule has 6 heteroatoms. The molecule has 0 saturated heterocycles. The first kappa shape index (κ1) is 14.8. The van der Waals surface area contributed by atoms with E-state index in [0.717, 1.165) is 5.56 Å². The second-order valence-electron chi connectivity index (χ2n) is 4.30.